The summed E-state index contributed by atoms with van der Waals surface area (Å²) in [6.07, 6.45) is -0.295. The van der Waals surface area contributed by atoms with Crippen LogP contribution in [0, 0.1) is 18.3 Å². The fourth-order valence-corrected chi connectivity index (χ4v) is 2.83. The Hall–Kier alpha value is -3.17. The average molecular weight is 349 g/mol. The van der Waals surface area contributed by atoms with Gasteiger partial charge < -0.3 is 15.0 Å². The Balaban J connectivity index is 1.62. The Morgan fingerprint density at radius 1 is 1.31 bits per heavy atom. The lowest BCUT2D eigenvalue weighted by Crippen LogP contribution is -2.50. The Kier molecular flexibility index (Phi) is 5.30. The van der Waals surface area contributed by atoms with E-state index in [2.05, 4.69) is 5.32 Å². The summed E-state index contributed by atoms with van der Waals surface area (Å²) in [7, 11) is 0. The van der Waals surface area contributed by atoms with Crippen molar-refractivity contribution in [3.8, 4) is 6.07 Å². The van der Waals surface area contributed by atoms with Crippen LogP contribution in [0.1, 0.15) is 21.5 Å². The van der Waals surface area contributed by atoms with Gasteiger partial charge in [-0.3, -0.25) is 9.59 Å². The number of anilines is 1. The molecule has 0 spiro atoms. The molecule has 6 nitrogen and oxygen atoms in total. The Labute approximate surface area is 152 Å². The predicted molar refractivity (Wildman–Crippen MR) is 96.8 cm³/mol. The number of ether oxygens (including phenoxy) is 1. The van der Waals surface area contributed by atoms with E-state index < -0.39 is 0 Å². The summed E-state index contributed by atoms with van der Waals surface area (Å²) in [4.78, 5) is 26.1. The van der Waals surface area contributed by atoms with E-state index in [1.165, 1.54) is 0 Å². The molecule has 0 bridgehead atoms. The molecular formula is C20H19N3O3. The Bertz CT molecular complexity index is 873. The normalized spacial score (nSPS) is 16.8. The van der Waals surface area contributed by atoms with Crippen molar-refractivity contribution in [2.75, 3.05) is 24.6 Å². The number of aryl methyl sites for hydroxylation is 1. The van der Waals surface area contributed by atoms with E-state index in [1.54, 1.807) is 29.2 Å². The van der Waals surface area contributed by atoms with Crippen LogP contribution in [-0.4, -0.2) is 37.6 Å². The number of carbonyl (C=O) groups excluding carboxylic acids is 2. The first-order valence-electron chi connectivity index (χ1n) is 8.34. The molecule has 132 valence electrons. The van der Waals surface area contributed by atoms with E-state index in [0.717, 1.165) is 11.3 Å². The van der Waals surface area contributed by atoms with Crippen molar-refractivity contribution in [2.24, 2.45) is 0 Å². The summed E-state index contributed by atoms with van der Waals surface area (Å²) in [5.74, 6) is -0.371. The lowest BCUT2D eigenvalue weighted by molar-refractivity contribution is -0.129. The monoisotopic (exact) mass is 349 g/mol. The van der Waals surface area contributed by atoms with Gasteiger partial charge in [-0.25, -0.2) is 0 Å². The van der Waals surface area contributed by atoms with Gasteiger partial charge >= 0.3 is 0 Å². The number of rotatable bonds is 4. The maximum absolute atomic E-state index is 12.3. The third kappa shape index (κ3) is 4.08. The summed E-state index contributed by atoms with van der Waals surface area (Å²) >= 11 is 0. The van der Waals surface area contributed by atoms with Crippen molar-refractivity contribution in [3.05, 3.63) is 65.2 Å². The number of nitriles is 1. The molecule has 1 aliphatic rings. The largest absolute Gasteiger partial charge is 0.365 e. The van der Waals surface area contributed by atoms with E-state index in [1.807, 2.05) is 37.3 Å². The van der Waals surface area contributed by atoms with Crippen molar-refractivity contribution < 1.29 is 14.3 Å². The number of nitrogens with zero attached hydrogens (tertiary/aromatic N) is 2. The quantitative estimate of drug-likeness (QED) is 0.916. The number of benzene rings is 2. The van der Waals surface area contributed by atoms with Gasteiger partial charge in [0.2, 0.25) is 0 Å². The molecule has 1 aliphatic heterocycles. The molecule has 1 heterocycles. The maximum Gasteiger partial charge on any atom is 0.253 e. The smallest absolute Gasteiger partial charge is 0.253 e. The number of morpholine rings is 1. The predicted octanol–water partition coefficient (Wildman–Crippen LogP) is 2.03. The number of hydrogen-bond donors (Lipinski definition) is 1. The fraction of sp³-hybridized carbons (Fsp3) is 0.250. The molecule has 3 rings (SSSR count). The van der Waals surface area contributed by atoms with Crippen LogP contribution in [0.25, 0.3) is 0 Å². The van der Waals surface area contributed by atoms with Gasteiger partial charge in [-0.2, -0.15) is 5.26 Å². The van der Waals surface area contributed by atoms with Gasteiger partial charge in [-0.05, 0) is 42.8 Å². The van der Waals surface area contributed by atoms with Gasteiger partial charge in [-0.15, -0.1) is 0 Å². The Morgan fingerprint density at radius 3 is 2.88 bits per heavy atom. The lowest BCUT2D eigenvalue weighted by atomic mass is 10.1. The minimum Gasteiger partial charge on any atom is -0.365 e. The topological polar surface area (TPSA) is 82.4 Å². The molecular weight excluding hydrogens is 330 g/mol. The molecule has 0 saturated carbocycles. The SMILES string of the molecule is Cc1cccc(N2CC(CNC(=O)c3cccc(C#N)c3)OCC2=O)c1. The first-order valence-corrected chi connectivity index (χ1v) is 8.34. The highest BCUT2D eigenvalue weighted by Crippen LogP contribution is 2.19. The average Bonchev–Trinajstić information content (AvgIpc) is 2.67. The van der Waals surface area contributed by atoms with Crippen molar-refractivity contribution in [3.63, 3.8) is 0 Å². The van der Waals surface area contributed by atoms with Crippen LogP contribution in [-0.2, 0) is 9.53 Å². The van der Waals surface area contributed by atoms with Crippen molar-refractivity contribution in [1.29, 1.82) is 5.26 Å². The van der Waals surface area contributed by atoms with E-state index in [9.17, 15) is 9.59 Å². The zero-order valence-electron chi connectivity index (χ0n) is 14.4. The number of hydrogen-bond acceptors (Lipinski definition) is 4. The molecule has 0 aliphatic carbocycles. The molecule has 1 saturated heterocycles. The van der Waals surface area contributed by atoms with Crippen LogP contribution in [0.4, 0.5) is 5.69 Å². The van der Waals surface area contributed by atoms with Crippen LogP contribution < -0.4 is 10.2 Å². The molecule has 1 fully saturated rings. The summed E-state index contributed by atoms with van der Waals surface area (Å²) in [5, 5.41) is 11.7. The van der Waals surface area contributed by atoms with Crippen LogP contribution >= 0.6 is 0 Å². The number of amides is 2. The number of carbonyl (C=O) groups is 2. The van der Waals surface area contributed by atoms with E-state index in [4.69, 9.17) is 10.00 Å². The summed E-state index contributed by atoms with van der Waals surface area (Å²) in [6, 6.07) is 16.2. The van der Waals surface area contributed by atoms with E-state index in [0.29, 0.717) is 17.7 Å². The molecule has 0 aromatic heterocycles. The molecule has 6 heteroatoms. The zero-order chi connectivity index (χ0) is 18.5. The first kappa shape index (κ1) is 17.6. The molecule has 26 heavy (non-hydrogen) atoms. The second-order valence-corrected chi connectivity index (χ2v) is 6.18. The Morgan fingerprint density at radius 2 is 2.12 bits per heavy atom. The highest BCUT2D eigenvalue weighted by molar-refractivity contribution is 5.95. The molecule has 1 atom stereocenters. The minimum absolute atomic E-state index is 0.0155. The highest BCUT2D eigenvalue weighted by atomic mass is 16.5. The van der Waals surface area contributed by atoms with E-state index in [-0.39, 0.29) is 31.1 Å². The molecule has 1 N–H and O–H groups in total. The van der Waals surface area contributed by atoms with Crippen molar-refractivity contribution >= 4 is 17.5 Å². The molecule has 1 unspecified atom stereocenters. The third-order valence-electron chi connectivity index (χ3n) is 4.19. The van der Waals surface area contributed by atoms with Gasteiger partial charge in [0.05, 0.1) is 24.3 Å². The molecule has 2 aromatic carbocycles. The lowest BCUT2D eigenvalue weighted by Gasteiger charge is -2.33. The minimum atomic E-state index is -0.295. The third-order valence-corrected chi connectivity index (χ3v) is 4.19. The second-order valence-electron chi connectivity index (χ2n) is 6.18. The number of nitrogens with one attached hydrogen (secondary N) is 1. The summed E-state index contributed by atoms with van der Waals surface area (Å²) in [5.41, 5.74) is 2.76. The summed E-state index contributed by atoms with van der Waals surface area (Å²) < 4.78 is 5.55. The summed E-state index contributed by atoms with van der Waals surface area (Å²) in [6.45, 7) is 2.62. The zero-order valence-corrected chi connectivity index (χ0v) is 14.4. The van der Waals surface area contributed by atoms with Gasteiger partial charge in [0.15, 0.2) is 0 Å². The highest BCUT2D eigenvalue weighted by Gasteiger charge is 2.27. The van der Waals surface area contributed by atoms with Gasteiger partial charge in [-0.1, -0.05) is 18.2 Å². The first-order chi connectivity index (χ1) is 12.6. The van der Waals surface area contributed by atoms with Gasteiger partial charge in [0.1, 0.15) is 6.61 Å². The van der Waals surface area contributed by atoms with E-state index >= 15 is 0 Å². The molecule has 2 amide bonds. The van der Waals surface area contributed by atoms with Crippen molar-refractivity contribution in [1.82, 2.24) is 5.32 Å². The molecule has 2 aromatic rings. The van der Waals surface area contributed by atoms with Gasteiger partial charge in [0, 0.05) is 17.8 Å². The van der Waals surface area contributed by atoms with Crippen LogP contribution in [0.3, 0.4) is 0 Å². The second kappa shape index (κ2) is 7.81. The maximum atomic E-state index is 12.3. The van der Waals surface area contributed by atoms with Crippen LogP contribution in [0.2, 0.25) is 0 Å². The molecule has 0 radical (unpaired) electrons. The fourth-order valence-electron chi connectivity index (χ4n) is 2.83. The van der Waals surface area contributed by atoms with Crippen LogP contribution in [0.5, 0.6) is 0 Å². The van der Waals surface area contributed by atoms with Crippen molar-refractivity contribution in [2.45, 2.75) is 13.0 Å². The van der Waals surface area contributed by atoms with Crippen LogP contribution in [0.15, 0.2) is 48.5 Å². The van der Waals surface area contributed by atoms with Gasteiger partial charge in [0.25, 0.3) is 11.8 Å². The standard InChI is InChI=1S/C20H19N3O3/c1-14-4-2-7-17(8-14)23-12-18(26-13-19(23)24)11-22-20(25)16-6-3-5-15(9-16)10-21/h2-9,18H,11-13H2,1H3,(H,22,25).